The maximum atomic E-state index is 13.1. The summed E-state index contributed by atoms with van der Waals surface area (Å²) < 4.78 is 39.2. The Labute approximate surface area is 104 Å². The number of aliphatic hydroxyl groups is 1. The fraction of sp³-hybridized carbons (Fsp3) is 0.615. The normalized spacial score (nSPS) is 25.9. The molecule has 0 aliphatic heterocycles. The fourth-order valence-electron chi connectivity index (χ4n) is 2.60. The highest BCUT2D eigenvalue weighted by Crippen LogP contribution is 2.43. The van der Waals surface area contributed by atoms with E-state index < -0.39 is 17.3 Å². The molecule has 0 aromatic carbocycles. The van der Waals surface area contributed by atoms with Crippen LogP contribution in [0.3, 0.4) is 0 Å². The van der Waals surface area contributed by atoms with Crippen molar-refractivity contribution in [1.82, 2.24) is 4.98 Å². The Morgan fingerprint density at radius 3 is 2.78 bits per heavy atom. The smallest absolute Gasteiger partial charge is 0.248 e. The lowest BCUT2D eigenvalue weighted by Crippen LogP contribution is -2.25. The Morgan fingerprint density at radius 2 is 2.22 bits per heavy atom. The van der Waals surface area contributed by atoms with Gasteiger partial charge in [0.2, 0.25) is 5.92 Å². The molecule has 2 atom stereocenters. The van der Waals surface area contributed by atoms with Crippen molar-refractivity contribution >= 4 is 0 Å². The van der Waals surface area contributed by atoms with Crippen molar-refractivity contribution < 1.29 is 18.3 Å². The lowest BCUT2D eigenvalue weighted by Gasteiger charge is -2.26. The first-order chi connectivity index (χ1) is 8.28. The van der Waals surface area contributed by atoms with Crippen LogP contribution in [0.2, 0.25) is 0 Å². The summed E-state index contributed by atoms with van der Waals surface area (Å²) >= 11 is 0. The van der Waals surface area contributed by atoms with Gasteiger partial charge in [-0.15, -0.1) is 0 Å². The summed E-state index contributed by atoms with van der Waals surface area (Å²) in [6.45, 7) is 1.51. The van der Waals surface area contributed by atoms with Gasteiger partial charge in [0.05, 0.1) is 11.8 Å². The molecule has 1 fully saturated rings. The van der Waals surface area contributed by atoms with E-state index in [9.17, 15) is 18.3 Å². The Morgan fingerprint density at radius 1 is 1.50 bits per heavy atom. The third kappa shape index (κ3) is 3.02. The van der Waals surface area contributed by atoms with Gasteiger partial charge in [-0.3, -0.25) is 4.98 Å². The van der Waals surface area contributed by atoms with E-state index in [1.54, 1.807) is 0 Å². The quantitative estimate of drug-likeness (QED) is 0.903. The topological polar surface area (TPSA) is 33.1 Å². The Balaban J connectivity index is 2.08. The standard InChI is InChI=1S/C13H16F3NO/c1-12(18,10-4-11(14)8-17-7-10)5-9-2-3-13(15,16)6-9/h4,7-9,18H,2-3,5-6H2,1H3. The first-order valence-corrected chi connectivity index (χ1v) is 6.00. The molecule has 100 valence electrons. The summed E-state index contributed by atoms with van der Waals surface area (Å²) in [5.41, 5.74) is -0.988. The van der Waals surface area contributed by atoms with Crippen LogP contribution in [-0.2, 0) is 5.60 Å². The van der Waals surface area contributed by atoms with Gasteiger partial charge in [-0.25, -0.2) is 13.2 Å². The van der Waals surface area contributed by atoms with Gasteiger partial charge in [-0.05, 0) is 31.7 Å². The lowest BCUT2D eigenvalue weighted by atomic mass is 9.86. The molecule has 0 saturated heterocycles. The van der Waals surface area contributed by atoms with E-state index in [1.807, 2.05) is 0 Å². The zero-order chi connectivity index (χ0) is 13.4. The Kier molecular flexibility index (Phi) is 3.36. The first kappa shape index (κ1) is 13.3. The molecule has 0 bridgehead atoms. The van der Waals surface area contributed by atoms with E-state index in [1.165, 1.54) is 19.2 Å². The molecule has 0 spiro atoms. The molecule has 1 aromatic heterocycles. The van der Waals surface area contributed by atoms with Gasteiger partial charge >= 0.3 is 0 Å². The Bertz CT molecular complexity index is 434. The molecule has 18 heavy (non-hydrogen) atoms. The average molecular weight is 259 g/mol. The minimum Gasteiger partial charge on any atom is -0.385 e. The highest BCUT2D eigenvalue weighted by molar-refractivity contribution is 5.18. The number of rotatable bonds is 3. The molecule has 2 unspecified atom stereocenters. The largest absolute Gasteiger partial charge is 0.385 e. The second kappa shape index (κ2) is 4.53. The van der Waals surface area contributed by atoms with Crippen molar-refractivity contribution in [2.45, 2.75) is 44.1 Å². The van der Waals surface area contributed by atoms with E-state index in [0.29, 0.717) is 12.0 Å². The summed E-state index contributed by atoms with van der Waals surface area (Å²) in [5.74, 6) is -3.40. The molecule has 0 radical (unpaired) electrons. The molecule has 1 heterocycles. The van der Waals surface area contributed by atoms with Crippen LogP contribution in [0.5, 0.6) is 0 Å². The molecule has 2 rings (SSSR count). The minimum absolute atomic E-state index is 0.130. The predicted molar refractivity (Wildman–Crippen MR) is 60.7 cm³/mol. The van der Waals surface area contributed by atoms with Crippen molar-refractivity contribution in [2.24, 2.45) is 5.92 Å². The van der Waals surface area contributed by atoms with E-state index in [-0.39, 0.29) is 25.2 Å². The monoisotopic (exact) mass is 259 g/mol. The molecule has 2 nitrogen and oxygen atoms in total. The summed E-state index contributed by atoms with van der Waals surface area (Å²) in [7, 11) is 0. The van der Waals surface area contributed by atoms with Crippen LogP contribution >= 0.6 is 0 Å². The number of halogens is 3. The van der Waals surface area contributed by atoms with Gasteiger partial charge in [-0.1, -0.05) is 0 Å². The molecule has 1 aliphatic carbocycles. The van der Waals surface area contributed by atoms with Crippen LogP contribution in [0.25, 0.3) is 0 Å². The lowest BCUT2D eigenvalue weighted by molar-refractivity contribution is -0.00676. The van der Waals surface area contributed by atoms with Crippen LogP contribution in [0, 0.1) is 11.7 Å². The van der Waals surface area contributed by atoms with Crippen molar-refractivity contribution in [1.29, 1.82) is 0 Å². The summed E-state index contributed by atoms with van der Waals surface area (Å²) in [5, 5.41) is 10.3. The number of hydrogen-bond donors (Lipinski definition) is 1. The predicted octanol–water partition coefficient (Wildman–Crippen LogP) is 3.25. The molecule has 1 aromatic rings. The number of pyridine rings is 1. The van der Waals surface area contributed by atoms with E-state index in [0.717, 1.165) is 6.20 Å². The molecule has 1 aliphatic rings. The number of hydrogen-bond acceptors (Lipinski definition) is 2. The molecular formula is C13H16F3NO. The second-order valence-electron chi connectivity index (χ2n) is 5.33. The van der Waals surface area contributed by atoms with E-state index in [2.05, 4.69) is 4.98 Å². The van der Waals surface area contributed by atoms with Gasteiger partial charge in [-0.2, -0.15) is 0 Å². The zero-order valence-electron chi connectivity index (χ0n) is 10.2. The van der Waals surface area contributed by atoms with Crippen molar-refractivity contribution in [2.75, 3.05) is 0 Å². The van der Waals surface area contributed by atoms with Crippen molar-refractivity contribution in [3.8, 4) is 0 Å². The zero-order valence-corrected chi connectivity index (χ0v) is 10.2. The second-order valence-corrected chi connectivity index (χ2v) is 5.33. The van der Waals surface area contributed by atoms with Crippen LogP contribution in [0.1, 0.15) is 38.2 Å². The highest BCUT2D eigenvalue weighted by atomic mass is 19.3. The van der Waals surface area contributed by atoms with Crippen LogP contribution in [0.4, 0.5) is 13.2 Å². The van der Waals surface area contributed by atoms with Gasteiger partial charge in [0, 0.05) is 24.6 Å². The average Bonchev–Trinajstić information content (AvgIpc) is 2.57. The molecule has 1 saturated carbocycles. The third-order valence-corrected chi connectivity index (χ3v) is 3.52. The van der Waals surface area contributed by atoms with E-state index in [4.69, 9.17) is 0 Å². The van der Waals surface area contributed by atoms with Crippen LogP contribution < -0.4 is 0 Å². The molecule has 1 N–H and O–H groups in total. The molecule has 5 heteroatoms. The maximum absolute atomic E-state index is 13.1. The first-order valence-electron chi connectivity index (χ1n) is 6.00. The van der Waals surface area contributed by atoms with Gasteiger partial charge in [0.15, 0.2) is 0 Å². The summed E-state index contributed by atoms with van der Waals surface area (Å²) in [4.78, 5) is 3.67. The molecular weight excluding hydrogens is 243 g/mol. The van der Waals surface area contributed by atoms with Crippen LogP contribution in [-0.4, -0.2) is 16.0 Å². The van der Waals surface area contributed by atoms with Crippen molar-refractivity contribution in [3.63, 3.8) is 0 Å². The van der Waals surface area contributed by atoms with Gasteiger partial charge in [0.1, 0.15) is 5.82 Å². The summed E-state index contributed by atoms with van der Waals surface area (Å²) in [6, 6.07) is 1.19. The third-order valence-electron chi connectivity index (χ3n) is 3.52. The van der Waals surface area contributed by atoms with Crippen LogP contribution in [0.15, 0.2) is 18.5 Å². The number of aromatic nitrogens is 1. The van der Waals surface area contributed by atoms with E-state index >= 15 is 0 Å². The summed E-state index contributed by atoms with van der Waals surface area (Å²) in [6.07, 6.45) is 2.68. The maximum Gasteiger partial charge on any atom is 0.248 e. The van der Waals surface area contributed by atoms with Gasteiger partial charge in [0.25, 0.3) is 0 Å². The number of alkyl halides is 2. The minimum atomic E-state index is -2.62. The highest BCUT2D eigenvalue weighted by Gasteiger charge is 2.42. The SMILES string of the molecule is CC(O)(CC1CCC(F)(F)C1)c1cncc(F)c1. The number of nitrogens with zero attached hydrogens (tertiary/aromatic N) is 1. The van der Waals surface area contributed by atoms with Gasteiger partial charge < -0.3 is 5.11 Å². The Hall–Kier alpha value is -1.10. The molecule has 0 amide bonds. The fourth-order valence-corrected chi connectivity index (χ4v) is 2.60. The van der Waals surface area contributed by atoms with Crippen molar-refractivity contribution in [3.05, 3.63) is 29.8 Å².